The number of carbonyl (C=O) groups is 1. The quantitative estimate of drug-likeness (QED) is 0.396. The number of aromatic nitrogens is 1. The van der Waals surface area contributed by atoms with Crippen LogP contribution in [0, 0.1) is 13.8 Å². The van der Waals surface area contributed by atoms with Crippen LogP contribution < -0.4 is 4.74 Å². The zero-order valence-corrected chi connectivity index (χ0v) is 17.4. The summed E-state index contributed by atoms with van der Waals surface area (Å²) < 4.78 is 18.5. The minimum Gasteiger partial charge on any atom is -0.497 e. The van der Waals surface area contributed by atoms with E-state index in [4.69, 9.17) is 13.9 Å². The SMILES string of the molecule is COC(=O)c1c(-c2ccccc2)c(C)n(-c2ccc(OC)cc2)c1-c1ccc(C)o1. The molecule has 0 aliphatic rings. The van der Waals surface area contributed by atoms with Crippen LogP contribution in [0.15, 0.2) is 71.1 Å². The van der Waals surface area contributed by atoms with E-state index >= 15 is 0 Å². The summed E-state index contributed by atoms with van der Waals surface area (Å²) in [6.07, 6.45) is 0. The first-order valence-corrected chi connectivity index (χ1v) is 9.65. The fourth-order valence-corrected chi connectivity index (χ4v) is 3.80. The number of hydrogen-bond donors (Lipinski definition) is 0. The lowest BCUT2D eigenvalue weighted by Crippen LogP contribution is -2.05. The molecule has 2 aromatic heterocycles. The van der Waals surface area contributed by atoms with Gasteiger partial charge in [0, 0.05) is 16.9 Å². The molecule has 152 valence electrons. The zero-order valence-electron chi connectivity index (χ0n) is 17.4. The minimum atomic E-state index is -0.409. The van der Waals surface area contributed by atoms with Crippen LogP contribution in [0.4, 0.5) is 0 Å². The Morgan fingerprint density at radius 2 is 1.60 bits per heavy atom. The highest BCUT2D eigenvalue weighted by Gasteiger charge is 2.30. The standard InChI is InChI=1S/C25H23NO4/c1-16-10-15-21(30-16)24-23(25(27)29-4)22(18-8-6-5-7-9-18)17(2)26(24)19-11-13-20(28-3)14-12-19/h5-15H,1-4H3. The summed E-state index contributed by atoms with van der Waals surface area (Å²) in [5, 5.41) is 0. The van der Waals surface area contributed by atoms with Gasteiger partial charge >= 0.3 is 5.97 Å². The van der Waals surface area contributed by atoms with Crippen LogP contribution in [0.2, 0.25) is 0 Å². The third kappa shape index (κ3) is 3.28. The number of hydrogen-bond acceptors (Lipinski definition) is 4. The maximum Gasteiger partial charge on any atom is 0.340 e. The molecule has 4 rings (SSSR count). The molecular formula is C25H23NO4. The number of furan rings is 1. The highest BCUT2D eigenvalue weighted by molar-refractivity contribution is 6.04. The number of carbonyl (C=O) groups excluding carboxylic acids is 1. The van der Waals surface area contributed by atoms with Gasteiger partial charge in [-0.2, -0.15) is 0 Å². The molecule has 0 bridgehead atoms. The Morgan fingerprint density at radius 1 is 0.900 bits per heavy atom. The number of aryl methyl sites for hydroxylation is 1. The number of methoxy groups -OCH3 is 2. The average molecular weight is 401 g/mol. The Kier molecular flexibility index (Phi) is 5.19. The van der Waals surface area contributed by atoms with Crippen LogP contribution in [0.25, 0.3) is 28.3 Å². The summed E-state index contributed by atoms with van der Waals surface area (Å²) in [5.41, 5.74) is 4.71. The highest BCUT2D eigenvalue weighted by atomic mass is 16.5. The largest absolute Gasteiger partial charge is 0.497 e. The first kappa shape index (κ1) is 19.6. The summed E-state index contributed by atoms with van der Waals surface area (Å²) in [4.78, 5) is 13.0. The van der Waals surface area contributed by atoms with Crippen molar-refractivity contribution in [1.82, 2.24) is 4.57 Å². The molecule has 0 fully saturated rings. The van der Waals surface area contributed by atoms with Crippen LogP contribution in [-0.4, -0.2) is 24.8 Å². The number of nitrogens with zero attached hydrogens (tertiary/aromatic N) is 1. The predicted octanol–water partition coefficient (Wildman–Crippen LogP) is 5.82. The molecule has 2 heterocycles. The van der Waals surface area contributed by atoms with Gasteiger partial charge in [-0.15, -0.1) is 0 Å². The van der Waals surface area contributed by atoms with Crippen molar-refractivity contribution in [2.75, 3.05) is 14.2 Å². The first-order valence-electron chi connectivity index (χ1n) is 9.65. The monoisotopic (exact) mass is 401 g/mol. The Balaban J connectivity index is 2.10. The van der Waals surface area contributed by atoms with Crippen molar-refractivity contribution in [3.63, 3.8) is 0 Å². The van der Waals surface area contributed by atoms with Gasteiger partial charge in [0.2, 0.25) is 0 Å². The molecule has 0 radical (unpaired) electrons. The molecule has 0 aliphatic heterocycles. The summed E-state index contributed by atoms with van der Waals surface area (Å²) in [6.45, 7) is 3.88. The van der Waals surface area contributed by atoms with E-state index in [-0.39, 0.29) is 0 Å². The molecule has 0 aliphatic carbocycles. The Morgan fingerprint density at radius 3 is 2.17 bits per heavy atom. The average Bonchev–Trinajstić information content (AvgIpc) is 3.34. The maximum atomic E-state index is 13.0. The van der Waals surface area contributed by atoms with Gasteiger partial charge in [0.25, 0.3) is 0 Å². The number of benzene rings is 2. The molecule has 5 heteroatoms. The molecule has 4 aromatic rings. The van der Waals surface area contributed by atoms with Crippen molar-refractivity contribution >= 4 is 5.97 Å². The molecule has 0 amide bonds. The predicted molar refractivity (Wildman–Crippen MR) is 116 cm³/mol. The molecule has 0 spiro atoms. The second kappa shape index (κ2) is 7.95. The van der Waals surface area contributed by atoms with Crippen LogP contribution in [-0.2, 0) is 4.74 Å². The Labute approximate surface area is 175 Å². The van der Waals surface area contributed by atoms with Crippen molar-refractivity contribution in [2.24, 2.45) is 0 Å². The summed E-state index contributed by atoms with van der Waals surface area (Å²) >= 11 is 0. The lowest BCUT2D eigenvalue weighted by Gasteiger charge is -2.12. The molecule has 0 atom stereocenters. The lowest BCUT2D eigenvalue weighted by molar-refractivity contribution is 0.0602. The second-order valence-corrected chi connectivity index (χ2v) is 6.99. The molecule has 2 aromatic carbocycles. The number of rotatable bonds is 5. The van der Waals surface area contributed by atoms with Gasteiger partial charge in [-0.1, -0.05) is 30.3 Å². The topological polar surface area (TPSA) is 53.6 Å². The normalized spacial score (nSPS) is 10.8. The van der Waals surface area contributed by atoms with E-state index in [9.17, 15) is 4.79 Å². The smallest absolute Gasteiger partial charge is 0.340 e. The number of esters is 1. The first-order chi connectivity index (χ1) is 14.5. The van der Waals surface area contributed by atoms with Crippen LogP contribution >= 0.6 is 0 Å². The van der Waals surface area contributed by atoms with E-state index in [1.165, 1.54) is 7.11 Å². The van der Waals surface area contributed by atoms with Crippen LogP contribution in [0.1, 0.15) is 21.8 Å². The van der Waals surface area contributed by atoms with E-state index in [0.29, 0.717) is 17.0 Å². The number of ether oxygens (including phenoxy) is 2. The van der Waals surface area contributed by atoms with Crippen molar-refractivity contribution in [3.8, 4) is 34.0 Å². The van der Waals surface area contributed by atoms with Crippen molar-refractivity contribution < 1.29 is 18.7 Å². The summed E-state index contributed by atoms with van der Waals surface area (Å²) in [7, 11) is 3.03. The van der Waals surface area contributed by atoms with E-state index in [1.807, 2.05) is 85.1 Å². The molecular weight excluding hydrogens is 378 g/mol. The van der Waals surface area contributed by atoms with Crippen molar-refractivity contribution in [1.29, 1.82) is 0 Å². The van der Waals surface area contributed by atoms with Gasteiger partial charge in [-0.25, -0.2) is 4.79 Å². The van der Waals surface area contributed by atoms with Crippen molar-refractivity contribution in [3.05, 3.63) is 83.7 Å². The van der Waals surface area contributed by atoms with Gasteiger partial charge in [0.05, 0.1) is 19.8 Å². The third-order valence-corrected chi connectivity index (χ3v) is 5.16. The summed E-state index contributed by atoms with van der Waals surface area (Å²) in [6, 6.07) is 21.3. The summed E-state index contributed by atoms with van der Waals surface area (Å²) in [5.74, 6) is 1.72. The second-order valence-electron chi connectivity index (χ2n) is 6.99. The fraction of sp³-hybridized carbons (Fsp3) is 0.160. The maximum absolute atomic E-state index is 13.0. The van der Waals surface area contributed by atoms with E-state index in [0.717, 1.165) is 34.0 Å². The minimum absolute atomic E-state index is 0.409. The lowest BCUT2D eigenvalue weighted by atomic mass is 10.00. The molecule has 0 N–H and O–H groups in total. The van der Waals surface area contributed by atoms with Crippen molar-refractivity contribution in [2.45, 2.75) is 13.8 Å². The molecule has 0 unspecified atom stereocenters. The Bertz CT molecular complexity index is 1180. The molecule has 5 nitrogen and oxygen atoms in total. The van der Waals surface area contributed by atoms with Gasteiger partial charge in [-0.3, -0.25) is 0 Å². The van der Waals surface area contributed by atoms with Gasteiger partial charge in [-0.05, 0) is 55.8 Å². The van der Waals surface area contributed by atoms with Gasteiger partial charge in [0.15, 0.2) is 5.76 Å². The van der Waals surface area contributed by atoms with E-state index in [1.54, 1.807) is 7.11 Å². The van der Waals surface area contributed by atoms with E-state index < -0.39 is 5.97 Å². The molecule has 0 saturated heterocycles. The third-order valence-electron chi connectivity index (χ3n) is 5.16. The van der Waals surface area contributed by atoms with Gasteiger partial charge < -0.3 is 18.5 Å². The highest BCUT2D eigenvalue weighted by Crippen LogP contribution is 2.41. The molecule has 0 saturated carbocycles. The van der Waals surface area contributed by atoms with Gasteiger partial charge in [0.1, 0.15) is 17.2 Å². The fourth-order valence-electron chi connectivity index (χ4n) is 3.80. The zero-order chi connectivity index (χ0) is 21.3. The Hall–Kier alpha value is -3.73. The van der Waals surface area contributed by atoms with Crippen LogP contribution in [0.5, 0.6) is 5.75 Å². The van der Waals surface area contributed by atoms with E-state index in [2.05, 4.69) is 0 Å². The van der Waals surface area contributed by atoms with Crippen LogP contribution in [0.3, 0.4) is 0 Å². The molecule has 30 heavy (non-hydrogen) atoms.